The van der Waals surface area contributed by atoms with Crippen molar-refractivity contribution in [2.24, 2.45) is 28.1 Å². The van der Waals surface area contributed by atoms with Crippen molar-refractivity contribution in [1.82, 2.24) is 14.7 Å². The van der Waals surface area contributed by atoms with E-state index >= 15 is 4.79 Å². The summed E-state index contributed by atoms with van der Waals surface area (Å²) in [5.74, 6) is -2.91. The maximum Gasteiger partial charge on any atom is 0.344 e. The maximum atomic E-state index is 15.5. The Balaban J connectivity index is 1.34. The van der Waals surface area contributed by atoms with E-state index < -0.39 is 75.6 Å². The van der Waals surface area contributed by atoms with E-state index in [4.69, 9.17) is 18.9 Å². The van der Waals surface area contributed by atoms with Crippen LogP contribution < -0.4 is 5.46 Å². The molecular weight excluding hydrogens is 904 g/mol. The van der Waals surface area contributed by atoms with Crippen molar-refractivity contribution >= 4 is 65.2 Å². The standard InChI is InChI=1S/C47H58BIN3O10/c1-8-43(57)21-28-22-46(41(55)60-6,37-29(11-15-50(23-28)24-43)30-17-26(3)34(49)19-33(30)48-37)32-18-31-35(20-36(32)59-5)52(25-53)39-45(31)13-16-51-14-10-12-44(9-2,38(45)51)40(62-27(4)54)47(39,58)42(56)61-7/h10,12,17-20,25,28,32,36,38-40,57-58H,8-9,11,13-16,21-24H2,1-7H3/t28-,32?,36?,38+,39-,40-,43+,44-,45-,46+,47+/m1/s1. The molecule has 13 nitrogen and oxygen atoms in total. The third-order valence-electron chi connectivity index (χ3n) is 16.4. The van der Waals surface area contributed by atoms with Gasteiger partial charge in [0.15, 0.2) is 13.4 Å². The quantitative estimate of drug-likeness (QED) is 0.0983. The zero-order valence-corrected chi connectivity index (χ0v) is 38.9. The number of amides is 1. The summed E-state index contributed by atoms with van der Waals surface area (Å²) < 4.78 is 25.1. The van der Waals surface area contributed by atoms with E-state index in [9.17, 15) is 24.6 Å². The van der Waals surface area contributed by atoms with Crippen LogP contribution in [0.1, 0.15) is 70.4 Å². The molecule has 15 heteroatoms. The number of carbonyl (C=O) groups is 4. The normalized spacial score (nSPS) is 40.2. The second-order valence-electron chi connectivity index (χ2n) is 19.2. The Morgan fingerprint density at radius 2 is 1.77 bits per heavy atom. The van der Waals surface area contributed by atoms with E-state index in [2.05, 4.69) is 64.8 Å². The molecule has 0 aromatic heterocycles. The SMILES string of the molecule is CC[C@]1(O)C[C@H]2CN(CCC3=C([B]c4cc(I)c(C)cc43)[C@@](C(=O)OC)(C3C=C4C(=CC3OC)N(C=O)[C@H]3[C@@](O)(C(=O)OC)[C@H](OC(C)=O)[C@]5(CC)C=CCN6CC[C@]43[C@@H]65)C2)C1. The van der Waals surface area contributed by atoms with Crippen LogP contribution in [0, 0.1) is 38.6 Å². The van der Waals surface area contributed by atoms with Gasteiger partial charge in [-0.1, -0.05) is 55.1 Å². The van der Waals surface area contributed by atoms with Crippen molar-refractivity contribution in [3.8, 4) is 0 Å². The summed E-state index contributed by atoms with van der Waals surface area (Å²) in [5, 5.41) is 25.4. The number of hydrogen-bond acceptors (Lipinski definition) is 12. The minimum atomic E-state index is -2.51. The first-order valence-electron chi connectivity index (χ1n) is 22.1. The number of allylic oxidation sites excluding steroid dienone is 1. The predicted octanol–water partition coefficient (Wildman–Crippen LogP) is 3.24. The first kappa shape index (κ1) is 43.9. The molecule has 3 saturated heterocycles. The molecule has 1 amide bonds. The third kappa shape index (κ3) is 5.82. The summed E-state index contributed by atoms with van der Waals surface area (Å²) in [7, 11) is 6.39. The molecule has 12 atom stereocenters. The third-order valence-corrected chi connectivity index (χ3v) is 17.6. The summed E-state index contributed by atoms with van der Waals surface area (Å²) >= 11 is 2.36. The van der Waals surface area contributed by atoms with Gasteiger partial charge < -0.3 is 34.1 Å². The lowest BCUT2D eigenvalue weighted by atomic mass is 9.46. The highest BCUT2D eigenvalue weighted by molar-refractivity contribution is 14.1. The molecule has 3 unspecified atom stereocenters. The number of hydrogen-bond donors (Lipinski definition) is 2. The molecule has 6 heterocycles. The van der Waals surface area contributed by atoms with Crippen LogP contribution in [-0.4, -0.2) is 146 Å². The van der Waals surface area contributed by atoms with Gasteiger partial charge in [-0.15, -0.1) is 0 Å². The second kappa shape index (κ2) is 15.4. The molecule has 6 aliphatic heterocycles. The zero-order valence-electron chi connectivity index (χ0n) is 36.7. The molecule has 8 aliphatic rings. The summed E-state index contributed by atoms with van der Waals surface area (Å²) in [6.07, 6.45) is 9.36. The van der Waals surface area contributed by atoms with Gasteiger partial charge in [-0.25, -0.2) is 4.79 Å². The van der Waals surface area contributed by atoms with Gasteiger partial charge in [0.05, 0.1) is 37.4 Å². The number of methoxy groups -OCH3 is 3. The van der Waals surface area contributed by atoms with Crippen molar-refractivity contribution in [3.63, 3.8) is 0 Å². The highest BCUT2D eigenvalue weighted by Crippen LogP contribution is 2.70. The largest absolute Gasteiger partial charge is 0.468 e. The Morgan fingerprint density at radius 1 is 1.02 bits per heavy atom. The van der Waals surface area contributed by atoms with Gasteiger partial charge in [-0.3, -0.25) is 24.2 Å². The monoisotopic (exact) mass is 962 g/mol. The molecular formula is C47H58BIN3O10. The fourth-order valence-electron chi connectivity index (χ4n) is 14.1. The van der Waals surface area contributed by atoms with Crippen molar-refractivity contribution in [1.29, 1.82) is 0 Å². The molecule has 1 aromatic carbocycles. The molecule has 2 aliphatic carbocycles. The van der Waals surface area contributed by atoms with Crippen LogP contribution in [0.25, 0.3) is 5.57 Å². The summed E-state index contributed by atoms with van der Waals surface area (Å²) in [6, 6.07) is 2.71. The van der Waals surface area contributed by atoms with E-state index in [1.165, 1.54) is 26.0 Å². The Hall–Kier alpha value is -3.35. The highest BCUT2D eigenvalue weighted by Gasteiger charge is 2.82. The van der Waals surface area contributed by atoms with Crippen LogP contribution in [0.4, 0.5) is 0 Å². The topological polar surface area (TPSA) is 155 Å². The Bertz CT molecular complexity index is 2250. The predicted molar refractivity (Wildman–Crippen MR) is 239 cm³/mol. The molecule has 1 saturated carbocycles. The van der Waals surface area contributed by atoms with Crippen molar-refractivity contribution in [2.75, 3.05) is 54.1 Å². The molecule has 2 bridgehead atoms. The number of nitrogens with zero attached hydrogens (tertiary/aromatic N) is 3. The van der Waals surface area contributed by atoms with Crippen LogP contribution in [0.5, 0.6) is 0 Å². The summed E-state index contributed by atoms with van der Waals surface area (Å²) in [4.78, 5) is 62.9. The van der Waals surface area contributed by atoms with Crippen LogP contribution >= 0.6 is 22.6 Å². The molecule has 9 rings (SSSR count). The smallest absolute Gasteiger partial charge is 0.344 e. The molecule has 1 aromatic rings. The number of esters is 3. The zero-order chi connectivity index (χ0) is 44.3. The molecule has 4 fully saturated rings. The van der Waals surface area contributed by atoms with Gasteiger partial charge in [0.1, 0.15) is 0 Å². The lowest BCUT2D eigenvalue weighted by Crippen LogP contribution is -2.80. The summed E-state index contributed by atoms with van der Waals surface area (Å²) in [5.41, 5.74) is -0.605. The molecule has 1 spiro atoms. The number of aryl methyl sites for hydroxylation is 1. The Kier molecular flexibility index (Phi) is 10.9. The number of ether oxygens (including phenoxy) is 4. The lowest BCUT2D eigenvalue weighted by Gasteiger charge is -2.63. The van der Waals surface area contributed by atoms with Crippen LogP contribution in [0.2, 0.25) is 0 Å². The average molecular weight is 963 g/mol. The number of halogens is 1. The maximum absolute atomic E-state index is 15.5. The fraction of sp³-hybridized carbons (Fsp3) is 0.617. The average Bonchev–Trinajstić information content (AvgIpc) is 3.92. The molecule has 2 N–H and O–H groups in total. The molecule has 331 valence electrons. The number of likely N-dealkylation sites (tertiary alicyclic amines) is 1. The van der Waals surface area contributed by atoms with Crippen LogP contribution in [0.3, 0.4) is 0 Å². The number of rotatable bonds is 8. The van der Waals surface area contributed by atoms with E-state index in [1.54, 1.807) is 7.11 Å². The van der Waals surface area contributed by atoms with E-state index in [0.29, 0.717) is 83.4 Å². The van der Waals surface area contributed by atoms with E-state index in [1.807, 2.05) is 32.1 Å². The van der Waals surface area contributed by atoms with E-state index in [0.717, 1.165) is 36.8 Å². The van der Waals surface area contributed by atoms with Crippen LogP contribution in [-0.2, 0) is 38.1 Å². The Labute approximate surface area is 378 Å². The van der Waals surface area contributed by atoms with Gasteiger partial charge in [0.25, 0.3) is 0 Å². The van der Waals surface area contributed by atoms with Crippen molar-refractivity contribution in [3.05, 3.63) is 67.9 Å². The van der Waals surface area contributed by atoms with Gasteiger partial charge in [0, 0.05) is 72.3 Å². The van der Waals surface area contributed by atoms with Crippen molar-refractivity contribution < 1.29 is 48.3 Å². The molecule has 1 radical (unpaired) electrons. The van der Waals surface area contributed by atoms with Gasteiger partial charge in [0.2, 0.25) is 12.0 Å². The lowest BCUT2D eigenvalue weighted by molar-refractivity contribution is -0.242. The number of carbonyl (C=O) groups excluding carboxylic acids is 4. The van der Waals surface area contributed by atoms with Crippen molar-refractivity contribution in [2.45, 2.75) is 102 Å². The van der Waals surface area contributed by atoms with E-state index in [-0.39, 0.29) is 5.92 Å². The first-order chi connectivity index (χ1) is 29.6. The van der Waals surface area contributed by atoms with Gasteiger partial charge in [-0.2, -0.15) is 0 Å². The summed E-state index contributed by atoms with van der Waals surface area (Å²) in [6.45, 7) is 10.4. The minimum absolute atomic E-state index is 0.109. The minimum Gasteiger partial charge on any atom is -0.468 e. The number of aliphatic hydroxyl groups is 2. The fourth-order valence-corrected chi connectivity index (χ4v) is 14.6. The number of piperidine rings is 1. The number of benzene rings is 1. The van der Waals surface area contributed by atoms with Crippen LogP contribution in [0.15, 0.2) is 53.2 Å². The van der Waals surface area contributed by atoms with Gasteiger partial charge >= 0.3 is 17.9 Å². The Morgan fingerprint density at radius 3 is 2.44 bits per heavy atom. The highest BCUT2D eigenvalue weighted by atomic mass is 127. The first-order valence-corrected chi connectivity index (χ1v) is 23.2. The number of fused-ring (bicyclic) bond motifs is 5. The van der Waals surface area contributed by atoms with Gasteiger partial charge in [-0.05, 0) is 109 Å². The second-order valence-corrected chi connectivity index (χ2v) is 20.3. The molecule has 62 heavy (non-hydrogen) atoms.